The van der Waals surface area contributed by atoms with Gasteiger partial charge in [0.25, 0.3) is 0 Å². The average Bonchev–Trinajstić information content (AvgIpc) is 2.86. The highest BCUT2D eigenvalue weighted by atomic mass is 16.6. The third-order valence-corrected chi connectivity index (χ3v) is 9.00. The number of carbonyl (C=O) groups excluding carboxylic acids is 3. The van der Waals surface area contributed by atoms with Gasteiger partial charge in [0.05, 0.1) is 6.10 Å². The molecule has 0 aromatic carbocycles. The zero-order chi connectivity index (χ0) is 23.8. The second-order valence-corrected chi connectivity index (χ2v) is 10.8. The molecule has 3 fully saturated rings. The van der Waals surface area contributed by atoms with Crippen molar-refractivity contribution in [3.05, 3.63) is 11.6 Å². The normalized spacial score (nSPS) is 49.3. The molecule has 178 valence electrons. The van der Waals surface area contributed by atoms with Crippen molar-refractivity contribution in [1.29, 1.82) is 0 Å². The van der Waals surface area contributed by atoms with Crippen LogP contribution >= 0.6 is 0 Å². The van der Waals surface area contributed by atoms with Gasteiger partial charge in [0.1, 0.15) is 23.7 Å². The molecule has 1 aliphatic heterocycles. The molecule has 2 N–H and O–H groups in total. The first-order valence-corrected chi connectivity index (χ1v) is 11.4. The number of fused-ring (bicyclic) bond motifs is 6. The Bertz CT molecular complexity index is 881. The Morgan fingerprint density at radius 1 is 1.16 bits per heavy atom. The lowest BCUT2D eigenvalue weighted by molar-refractivity contribution is -0.229. The maximum Gasteiger partial charge on any atom is 0.315 e. The standard InChI is InChI=1S/C24H34O8/c1-7-22(4)10-13-8-15(27)18-23(5,14(13)9-16(22)30-11(2)25)20(31-12(3)26)17-19(28)24(18,6)21(29)32-17/h8,14-20,27-28H,7,9-10H2,1-6H3/t14-,15+,16+,17+,18+,19-,20-,22-,23+,24+/m1/s1. The topological polar surface area (TPSA) is 119 Å². The molecule has 1 saturated heterocycles. The molecule has 1 heterocycles. The van der Waals surface area contributed by atoms with Crippen LogP contribution < -0.4 is 0 Å². The van der Waals surface area contributed by atoms with E-state index in [2.05, 4.69) is 6.92 Å². The molecule has 0 aromatic rings. The van der Waals surface area contributed by atoms with Gasteiger partial charge in [-0.25, -0.2) is 0 Å². The highest BCUT2D eigenvalue weighted by Crippen LogP contribution is 2.67. The van der Waals surface area contributed by atoms with Crippen LogP contribution in [-0.4, -0.2) is 58.6 Å². The number of esters is 3. The monoisotopic (exact) mass is 450 g/mol. The first-order chi connectivity index (χ1) is 14.8. The summed E-state index contributed by atoms with van der Waals surface area (Å²) in [5.41, 5.74) is -1.56. The highest BCUT2D eigenvalue weighted by molar-refractivity contribution is 5.82. The second kappa shape index (κ2) is 7.29. The van der Waals surface area contributed by atoms with Gasteiger partial charge in [0.2, 0.25) is 0 Å². The molecule has 2 bridgehead atoms. The first-order valence-electron chi connectivity index (χ1n) is 11.4. The number of rotatable bonds is 3. The van der Waals surface area contributed by atoms with E-state index in [-0.39, 0.29) is 23.4 Å². The fraction of sp³-hybridized carbons (Fsp3) is 0.792. The van der Waals surface area contributed by atoms with E-state index in [1.54, 1.807) is 13.0 Å². The van der Waals surface area contributed by atoms with Crippen molar-refractivity contribution in [3.63, 3.8) is 0 Å². The van der Waals surface area contributed by atoms with Gasteiger partial charge < -0.3 is 24.4 Å². The fourth-order valence-corrected chi connectivity index (χ4v) is 7.24. The quantitative estimate of drug-likeness (QED) is 0.380. The number of aliphatic hydroxyl groups excluding tert-OH is 2. The van der Waals surface area contributed by atoms with Crippen LogP contribution in [0, 0.1) is 28.1 Å². The molecule has 4 aliphatic rings. The van der Waals surface area contributed by atoms with Crippen molar-refractivity contribution < 1.29 is 38.8 Å². The third kappa shape index (κ3) is 2.91. The number of aliphatic hydroxyl groups is 2. The molecule has 10 atom stereocenters. The van der Waals surface area contributed by atoms with E-state index in [1.165, 1.54) is 13.8 Å². The van der Waals surface area contributed by atoms with Gasteiger partial charge >= 0.3 is 17.9 Å². The Kier molecular flexibility index (Phi) is 5.29. The first kappa shape index (κ1) is 23.2. The van der Waals surface area contributed by atoms with Crippen LogP contribution in [0.2, 0.25) is 0 Å². The predicted molar refractivity (Wildman–Crippen MR) is 112 cm³/mol. The Labute approximate surface area is 188 Å². The highest BCUT2D eigenvalue weighted by Gasteiger charge is 2.76. The molecule has 0 amide bonds. The van der Waals surface area contributed by atoms with Crippen LogP contribution in [0.3, 0.4) is 0 Å². The van der Waals surface area contributed by atoms with Gasteiger partial charge in [-0.1, -0.05) is 32.4 Å². The van der Waals surface area contributed by atoms with Crippen molar-refractivity contribution in [2.75, 3.05) is 0 Å². The summed E-state index contributed by atoms with van der Waals surface area (Å²) >= 11 is 0. The smallest absolute Gasteiger partial charge is 0.315 e. The SMILES string of the molecule is CC[C@]1(C)CC2=C[C@H](O)[C@@H]3[C@]4(C)C(=O)O[C@@H]([C@H]4O)[C@@H](OC(C)=O)[C@@]3(C)[C@@H]2C[C@@H]1OC(C)=O. The van der Waals surface area contributed by atoms with E-state index in [4.69, 9.17) is 14.2 Å². The van der Waals surface area contributed by atoms with Gasteiger partial charge in [0.15, 0.2) is 6.10 Å². The third-order valence-electron chi connectivity index (χ3n) is 9.00. The van der Waals surface area contributed by atoms with Crippen molar-refractivity contribution >= 4 is 17.9 Å². The maximum atomic E-state index is 13.0. The maximum absolute atomic E-state index is 13.0. The van der Waals surface area contributed by atoms with Crippen LogP contribution in [0.1, 0.15) is 60.8 Å². The summed E-state index contributed by atoms with van der Waals surface area (Å²) < 4.78 is 17.1. The van der Waals surface area contributed by atoms with E-state index in [0.29, 0.717) is 12.8 Å². The second-order valence-electron chi connectivity index (χ2n) is 10.8. The van der Waals surface area contributed by atoms with Gasteiger partial charge in [0, 0.05) is 30.6 Å². The number of ether oxygens (including phenoxy) is 3. The minimum absolute atomic E-state index is 0.229. The minimum Gasteiger partial charge on any atom is -0.462 e. The number of hydrogen-bond acceptors (Lipinski definition) is 8. The van der Waals surface area contributed by atoms with Crippen molar-refractivity contribution in [1.82, 2.24) is 0 Å². The van der Waals surface area contributed by atoms with Gasteiger partial charge in [-0.2, -0.15) is 0 Å². The van der Waals surface area contributed by atoms with Gasteiger partial charge in [-0.05, 0) is 32.1 Å². The fourth-order valence-electron chi connectivity index (χ4n) is 7.24. The van der Waals surface area contributed by atoms with Gasteiger partial charge in [-0.15, -0.1) is 0 Å². The molecule has 0 unspecified atom stereocenters. The largest absolute Gasteiger partial charge is 0.462 e. The summed E-state index contributed by atoms with van der Waals surface area (Å²) in [5.74, 6) is -2.47. The zero-order valence-electron chi connectivity index (χ0n) is 19.6. The lowest BCUT2D eigenvalue weighted by Gasteiger charge is -2.62. The zero-order valence-corrected chi connectivity index (χ0v) is 19.6. The average molecular weight is 451 g/mol. The summed E-state index contributed by atoms with van der Waals surface area (Å²) in [7, 11) is 0. The molecule has 3 aliphatic carbocycles. The molecular weight excluding hydrogens is 416 g/mol. The summed E-state index contributed by atoms with van der Waals surface area (Å²) in [6.45, 7) is 10.3. The van der Waals surface area contributed by atoms with E-state index < -0.39 is 53.1 Å². The Hall–Kier alpha value is -1.93. The molecule has 4 rings (SSSR count). The van der Waals surface area contributed by atoms with Crippen LogP contribution in [0.4, 0.5) is 0 Å². The van der Waals surface area contributed by atoms with Crippen LogP contribution in [0.15, 0.2) is 11.6 Å². The van der Waals surface area contributed by atoms with E-state index in [0.717, 1.165) is 12.0 Å². The lowest BCUT2D eigenvalue weighted by atomic mass is 9.43. The van der Waals surface area contributed by atoms with Crippen LogP contribution in [0.25, 0.3) is 0 Å². The minimum atomic E-state index is -1.35. The molecule has 0 radical (unpaired) electrons. The van der Waals surface area contributed by atoms with Crippen molar-refractivity contribution in [3.8, 4) is 0 Å². The molecule has 32 heavy (non-hydrogen) atoms. The molecule has 0 aromatic heterocycles. The Balaban J connectivity index is 1.88. The molecule has 8 heteroatoms. The van der Waals surface area contributed by atoms with E-state index in [9.17, 15) is 24.6 Å². The number of hydrogen-bond donors (Lipinski definition) is 2. The summed E-state index contributed by atoms with van der Waals surface area (Å²) in [6, 6.07) is 0. The lowest BCUT2D eigenvalue weighted by Crippen LogP contribution is -2.69. The molecule has 8 nitrogen and oxygen atoms in total. The van der Waals surface area contributed by atoms with E-state index in [1.807, 2.05) is 13.8 Å². The van der Waals surface area contributed by atoms with E-state index >= 15 is 0 Å². The van der Waals surface area contributed by atoms with Crippen molar-refractivity contribution in [2.45, 2.75) is 91.3 Å². The summed E-state index contributed by atoms with van der Waals surface area (Å²) in [4.78, 5) is 36.9. The summed E-state index contributed by atoms with van der Waals surface area (Å²) in [5, 5.41) is 22.4. The van der Waals surface area contributed by atoms with Crippen LogP contribution in [0.5, 0.6) is 0 Å². The summed E-state index contributed by atoms with van der Waals surface area (Å²) in [6.07, 6.45) is -0.910. The molecule has 0 spiro atoms. The van der Waals surface area contributed by atoms with Crippen LogP contribution in [-0.2, 0) is 28.6 Å². The van der Waals surface area contributed by atoms with Gasteiger partial charge in [-0.3, -0.25) is 14.4 Å². The number of allylic oxidation sites excluding steroid dienone is 1. The van der Waals surface area contributed by atoms with Crippen molar-refractivity contribution in [2.24, 2.45) is 28.1 Å². The predicted octanol–water partition coefficient (Wildman–Crippen LogP) is 1.91. The number of carbonyl (C=O) groups is 3. The Morgan fingerprint density at radius 2 is 1.78 bits per heavy atom. The Morgan fingerprint density at radius 3 is 2.34 bits per heavy atom. The molecule has 2 saturated carbocycles. The molecular formula is C24H34O8.